The highest BCUT2D eigenvalue weighted by Gasteiger charge is 2.28. The third kappa shape index (κ3) is 5.33. The molecule has 4 rings (SSSR count). The van der Waals surface area contributed by atoms with E-state index in [1.165, 1.54) is 10.6 Å². The van der Waals surface area contributed by atoms with E-state index in [0.29, 0.717) is 28.3 Å². The van der Waals surface area contributed by atoms with E-state index in [2.05, 4.69) is 27.5 Å². The lowest BCUT2D eigenvalue weighted by Crippen LogP contribution is -2.29. The van der Waals surface area contributed by atoms with Crippen LogP contribution in [0.3, 0.4) is 0 Å². The zero-order valence-corrected chi connectivity index (χ0v) is 21.5. The summed E-state index contributed by atoms with van der Waals surface area (Å²) in [5.41, 5.74) is 1.82. The fourth-order valence-corrected chi connectivity index (χ4v) is 4.82. The largest absolute Gasteiger partial charge is 0.485 e. The lowest BCUT2D eigenvalue weighted by atomic mass is 9.93. The van der Waals surface area contributed by atoms with Crippen molar-refractivity contribution in [3.05, 3.63) is 105 Å². The number of fused-ring (bicyclic) bond motifs is 1. The number of hydrogen-bond acceptors (Lipinski definition) is 5. The van der Waals surface area contributed by atoms with E-state index in [0.717, 1.165) is 11.1 Å². The second-order valence-corrected chi connectivity index (χ2v) is 9.14. The molecule has 0 radical (unpaired) electrons. The summed E-state index contributed by atoms with van der Waals surface area (Å²) in [4.78, 5) is 31.2. The molecule has 0 fully saturated rings. The zero-order chi connectivity index (χ0) is 25.7. The van der Waals surface area contributed by atoms with Gasteiger partial charge in [-0.15, -0.1) is 6.58 Å². The number of aromatic nitrogens is 2. The Morgan fingerprint density at radius 3 is 2.78 bits per heavy atom. The highest BCUT2D eigenvalue weighted by atomic mass is 79.9. The molecule has 3 aromatic rings. The molecule has 0 N–H and O–H groups in total. The molecule has 2 aromatic heterocycles. The average molecular weight is 553 g/mol. The third-order valence-corrected chi connectivity index (χ3v) is 6.76. The minimum atomic E-state index is -0.770. The summed E-state index contributed by atoms with van der Waals surface area (Å²) in [6.07, 6.45) is 9.29. The first-order valence-corrected chi connectivity index (χ1v) is 12.5. The van der Waals surface area contributed by atoms with Crippen LogP contribution in [-0.2, 0) is 24.3 Å². The summed E-state index contributed by atoms with van der Waals surface area (Å²) in [7, 11) is 0. The number of esters is 1. The number of pyridine rings is 2. The van der Waals surface area contributed by atoms with Gasteiger partial charge in [-0.3, -0.25) is 9.78 Å². The summed E-state index contributed by atoms with van der Waals surface area (Å²) >= 11 is 3.68. The minimum absolute atomic E-state index is 0.0763. The van der Waals surface area contributed by atoms with Crippen LogP contribution in [0.15, 0.2) is 82.5 Å². The van der Waals surface area contributed by atoms with Gasteiger partial charge >= 0.3 is 5.97 Å². The number of rotatable bonds is 9. The Hall–Kier alpha value is -3.52. The molecule has 0 spiro atoms. The molecule has 0 aliphatic heterocycles. The number of carbonyl (C=O) groups is 1. The van der Waals surface area contributed by atoms with Crippen LogP contribution in [0.5, 0.6) is 5.75 Å². The van der Waals surface area contributed by atoms with Gasteiger partial charge in [0.15, 0.2) is 11.3 Å². The number of hydrogen-bond donors (Lipinski definition) is 0. The molecule has 0 amide bonds. The highest BCUT2D eigenvalue weighted by Crippen LogP contribution is 2.35. The first-order valence-electron chi connectivity index (χ1n) is 11.7. The van der Waals surface area contributed by atoms with Gasteiger partial charge in [0.25, 0.3) is 5.56 Å². The maximum Gasteiger partial charge on any atom is 0.347 e. The first-order chi connectivity index (χ1) is 17.4. The van der Waals surface area contributed by atoms with E-state index >= 15 is 0 Å². The molecule has 8 heteroatoms. The van der Waals surface area contributed by atoms with Crippen molar-refractivity contribution < 1.29 is 18.7 Å². The van der Waals surface area contributed by atoms with E-state index in [1.807, 2.05) is 36.4 Å². The Morgan fingerprint density at radius 1 is 1.33 bits per heavy atom. The van der Waals surface area contributed by atoms with Crippen molar-refractivity contribution in [2.24, 2.45) is 5.92 Å². The van der Waals surface area contributed by atoms with Gasteiger partial charge in [0.2, 0.25) is 0 Å². The number of halogens is 2. The van der Waals surface area contributed by atoms with Gasteiger partial charge in [0, 0.05) is 17.2 Å². The molecular formula is C28H26BrFN2O4. The smallest absolute Gasteiger partial charge is 0.347 e. The van der Waals surface area contributed by atoms with Crippen molar-refractivity contribution in [1.82, 2.24) is 9.55 Å². The van der Waals surface area contributed by atoms with Crippen LogP contribution in [0.25, 0.3) is 11.0 Å². The van der Waals surface area contributed by atoms with Crippen LogP contribution in [0.1, 0.15) is 34.8 Å². The van der Waals surface area contributed by atoms with Crippen molar-refractivity contribution in [2.75, 3.05) is 6.61 Å². The molecule has 0 bridgehead atoms. The maximum atomic E-state index is 13.6. The Bertz CT molecular complexity index is 1410. The van der Waals surface area contributed by atoms with Crippen LogP contribution >= 0.6 is 15.9 Å². The second kappa shape index (κ2) is 11.5. The van der Waals surface area contributed by atoms with Crippen LogP contribution in [0.4, 0.5) is 4.39 Å². The van der Waals surface area contributed by atoms with Crippen molar-refractivity contribution in [1.29, 1.82) is 0 Å². The predicted molar refractivity (Wildman–Crippen MR) is 141 cm³/mol. The molecule has 36 heavy (non-hydrogen) atoms. The summed E-state index contributed by atoms with van der Waals surface area (Å²) in [5, 5.41) is 0. The molecule has 186 valence electrons. The Kier molecular flexibility index (Phi) is 8.15. The predicted octanol–water partition coefficient (Wildman–Crippen LogP) is 6.07. The summed E-state index contributed by atoms with van der Waals surface area (Å²) in [6.45, 7) is 5.85. The molecule has 6 nitrogen and oxygen atoms in total. The number of nitrogens with zero attached hydrogens (tertiary/aromatic N) is 2. The van der Waals surface area contributed by atoms with Crippen molar-refractivity contribution in [2.45, 2.75) is 32.9 Å². The molecule has 1 aliphatic carbocycles. The Morgan fingerprint density at radius 2 is 2.11 bits per heavy atom. The minimum Gasteiger partial charge on any atom is -0.485 e. The van der Waals surface area contributed by atoms with E-state index in [1.54, 1.807) is 25.3 Å². The summed E-state index contributed by atoms with van der Waals surface area (Å²) in [6, 6.07) is 9.44. The maximum absolute atomic E-state index is 13.6. The SMILES string of the molecule is C=CCn1c(=O)c(C(=O)OCC)c(OCc2ccccc2)c2ncc(CC3C=CC(F)=CC3)c(Br)c21. The normalized spacial score (nSPS) is 15.0. The summed E-state index contributed by atoms with van der Waals surface area (Å²) in [5.74, 6) is -0.846. The molecule has 0 saturated heterocycles. The fraction of sp³-hybridized carbons (Fsp3) is 0.250. The van der Waals surface area contributed by atoms with Gasteiger partial charge in [-0.05, 0) is 64.9 Å². The van der Waals surface area contributed by atoms with Crippen LogP contribution in [0, 0.1) is 5.92 Å². The van der Waals surface area contributed by atoms with Crippen LogP contribution < -0.4 is 10.3 Å². The lowest BCUT2D eigenvalue weighted by molar-refractivity contribution is 0.0518. The van der Waals surface area contributed by atoms with Gasteiger partial charge in [0.1, 0.15) is 18.0 Å². The van der Waals surface area contributed by atoms with Crippen molar-refractivity contribution in [3.8, 4) is 5.75 Å². The number of benzene rings is 1. The Labute approximate surface area is 216 Å². The molecule has 1 unspecified atom stereocenters. The average Bonchev–Trinajstić information content (AvgIpc) is 2.88. The summed E-state index contributed by atoms with van der Waals surface area (Å²) < 4.78 is 26.8. The molecule has 1 aromatic carbocycles. The standard InChI is InChI=1S/C28H26BrFN2O4/c1-3-14-32-25-23(29)20(15-18-10-12-21(30)13-11-18)16-31-24(25)26(22(27(32)33)28(34)35-4-2)36-17-19-8-6-5-7-9-19/h3,5-10,12-13,16,18H,1,4,11,14-15,17H2,2H3. The van der Waals surface area contributed by atoms with Gasteiger partial charge in [-0.25, -0.2) is 9.18 Å². The zero-order valence-electron chi connectivity index (χ0n) is 19.9. The number of ether oxygens (including phenoxy) is 2. The number of allylic oxidation sites excluding steroid dienone is 5. The Balaban J connectivity index is 1.88. The lowest BCUT2D eigenvalue weighted by Gasteiger charge is -2.20. The fourth-order valence-electron chi connectivity index (χ4n) is 4.15. The highest BCUT2D eigenvalue weighted by molar-refractivity contribution is 9.10. The molecule has 1 atom stereocenters. The monoisotopic (exact) mass is 552 g/mol. The molecular weight excluding hydrogens is 527 g/mol. The van der Waals surface area contributed by atoms with Gasteiger partial charge in [-0.2, -0.15) is 0 Å². The van der Waals surface area contributed by atoms with Crippen LogP contribution in [-0.4, -0.2) is 22.1 Å². The molecule has 1 aliphatic rings. The van der Waals surface area contributed by atoms with E-state index in [9.17, 15) is 14.0 Å². The molecule has 0 saturated carbocycles. The topological polar surface area (TPSA) is 70.4 Å². The second-order valence-electron chi connectivity index (χ2n) is 8.35. The third-order valence-electron chi connectivity index (χ3n) is 5.88. The first kappa shape index (κ1) is 25.6. The van der Waals surface area contributed by atoms with Gasteiger partial charge in [0.05, 0.1) is 12.1 Å². The molecule has 2 heterocycles. The van der Waals surface area contributed by atoms with Crippen molar-refractivity contribution >= 4 is 32.9 Å². The van der Waals surface area contributed by atoms with E-state index < -0.39 is 11.5 Å². The van der Waals surface area contributed by atoms with Crippen LogP contribution in [0.2, 0.25) is 0 Å². The van der Waals surface area contributed by atoms with Crippen molar-refractivity contribution in [3.63, 3.8) is 0 Å². The van der Waals surface area contributed by atoms with E-state index in [4.69, 9.17) is 9.47 Å². The van der Waals surface area contributed by atoms with Gasteiger partial charge in [-0.1, -0.05) is 42.5 Å². The van der Waals surface area contributed by atoms with E-state index in [-0.39, 0.29) is 42.8 Å². The van der Waals surface area contributed by atoms with Gasteiger partial charge < -0.3 is 14.0 Å². The quantitative estimate of drug-likeness (QED) is 0.238. The number of carbonyl (C=O) groups excluding carboxylic acids is 1.